The van der Waals surface area contributed by atoms with Crippen LogP contribution in [0.1, 0.15) is 21.5 Å². The average molecular weight is 332 g/mol. The number of ether oxygens (including phenoxy) is 1. The molecule has 3 aromatic carbocycles. The Morgan fingerprint density at radius 3 is 2.36 bits per heavy atom. The number of fused-ring (bicyclic) bond motifs is 2. The molecule has 124 valence electrons. The van der Waals surface area contributed by atoms with Gasteiger partial charge in [-0.25, -0.2) is 0 Å². The standard InChI is InChI=1S/C21H16O4/c1-12-2-4-13(5-3-12)14-6-7-19-15(8-14)9-17(23)21-18(24)10-16(22)11-20(21)25-19/h2-8,10-11,22,24H,9H2,1H3. The van der Waals surface area contributed by atoms with Crippen molar-refractivity contribution >= 4 is 5.78 Å². The molecule has 1 aliphatic heterocycles. The van der Waals surface area contributed by atoms with Crippen LogP contribution in [0, 0.1) is 6.92 Å². The topological polar surface area (TPSA) is 66.8 Å². The van der Waals surface area contributed by atoms with Crippen molar-refractivity contribution in [2.75, 3.05) is 0 Å². The molecule has 4 heteroatoms. The fourth-order valence-electron chi connectivity index (χ4n) is 3.07. The predicted octanol–water partition coefficient (Wildman–Crippen LogP) is 4.60. The molecule has 0 amide bonds. The Kier molecular flexibility index (Phi) is 3.46. The normalized spacial score (nSPS) is 12.8. The van der Waals surface area contributed by atoms with Crippen LogP contribution in [0.25, 0.3) is 11.1 Å². The average Bonchev–Trinajstić information content (AvgIpc) is 2.70. The first-order chi connectivity index (χ1) is 12.0. The van der Waals surface area contributed by atoms with E-state index in [1.807, 2.05) is 49.4 Å². The summed E-state index contributed by atoms with van der Waals surface area (Å²) >= 11 is 0. The van der Waals surface area contributed by atoms with Crippen molar-refractivity contribution in [2.45, 2.75) is 13.3 Å². The molecule has 0 radical (unpaired) electrons. The monoisotopic (exact) mass is 332 g/mol. The number of aryl methyl sites for hydroxylation is 1. The van der Waals surface area contributed by atoms with Crippen LogP contribution in [-0.4, -0.2) is 16.0 Å². The van der Waals surface area contributed by atoms with Crippen LogP contribution in [0.4, 0.5) is 0 Å². The van der Waals surface area contributed by atoms with Gasteiger partial charge < -0.3 is 14.9 Å². The van der Waals surface area contributed by atoms with Gasteiger partial charge >= 0.3 is 0 Å². The zero-order valence-electron chi connectivity index (χ0n) is 13.6. The Morgan fingerprint density at radius 2 is 1.60 bits per heavy atom. The number of ketones is 1. The summed E-state index contributed by atoms with van der Waals surface area (Å²) in [5.41, 5.74) is 4.09. The molecular weight excluding hydrogens is 316 g/mol. The van der Waals surface area contributed by atoms with Gasteiger partial charge in [-0.2, -0.15) is 0 Å². The Balaban J connectivity index is 1.79. The first-order valence-corrected chi connectivity index (χ1v) is 7.98. The van der Waals surface area contributed by atoms with Crippen molar-refractivity contribution in [3.63, 3.8) is 0 Å². The molecule has 25 heavy (non-hydrogen) atoms. The number of phenolic OH excluding ortho intramolecular Hbond substituents is 2. The van der Waals surface area contributed by atoms with Crippen molar-refractivity contribution < 1.29 is 19.7 Å². The zero-order valence-corrected chi connectivity index (χ0v) is 13.6. The van der Waals surface area contributed by atoms with Crippen LogP contribution < -0.4 is 4.74 Å². The van der Waals surface area contributed by atoms with Crippen molar-refractivity contribution in [1.29, 1.82) is 0 Å². The Morgan fingerprint density at radius 1 is 0.880 bits per heavy atom. The molecule has 0 spiro atoms. The first kappa shape index (κ1) is 15.3. The minimum atomic E-state index is -0.272. The summed E-state index contributed by atoms with van der Waals surface area (Å²) in [6.07, 6.45) is 0.125. The maximum absolute atomic E-state index is 12.6. The molecule has 0 bridgehead atoms. The second-order valence-corrected chi connectivity index (χ2v) is 6.23. The van der Waals surface area contributed by atoms with Gasteiger partial charge in [0.2, 0.25) is 0 Å². The Hall–Kier alpha value is -3.27. The number of carbonyl (C=O) groups excluding carboxylic acids is 1. The summed E-state index contributed by atoms with van der Waals surface area (Å²) in [6, 6.07) is 16.3. The number of phenols is 2. The molecule has 0 saturated carbocycles. The lowest BCUT2D eigenvalue weighted by Gasteiger charge is -2.11. The van der Waals surface area contributed by atoms with E-state index < -0.39 is 0 Å². The van der Waals surface area contributed by atoms with Crippen molar-refractivity contribution in [1.82, 2.24) is 0 Å². The smallest absolute Gasteiger partial charge is 0.174 e. The van der Waals surface area contributed by atoms with Crippen LogP contribution in [0.3, 0.4) is 0 Å². The number of benzene rings is 3. The molecule has 0 aromatic heterocycles. The van der Waals surface area contributed by atoms with E-state index in [9.17, 15) is 15.0 Å². The highest BCUT2D eigenvalue weighted by molar-refractivity contribution is 6.03. The summed E-state index contributed by atoms with van der Waals surface area (Å²) < 4.78 is 5.80. The number of carbonyl (C=O) groups is 1. The van der Waals surface area contributed by atoms with E-state index in [1.165, 1.54) is 11.6 Å². The molecule has 1 aliphatic rings. The van der Waals surface area contributed by atoms with Gasteiger partial charge in [-0.1, -0.05) is 35.9 Å². The van der Waals surface area contributed by atoms with Crippen LogP contribution in [0.15, 0.2) is 54.6 Å². The molecule has 2 N–H and O–H groups in total. The largest absolute Gasteiger partial charge is 0.508 e. The van der Waals surface area contributed by atoms with Gasteiger partial charge in [-0.15, -0.1) is 0 Å². The van der Waals surface area contributed by atoms with E-state index in [0.29, 0.717) is 5.75 Å². The zero-order chi connectivity index (χ0) is 17.6. The maximum Gasteiger partial charge on any atom is 0.174 e. The third kappa shape index (κ3) is 2.72. The van der Waals surface area contributed by atoms with Crippen molar-refractivity contribution in [2.24, 2.45) is 0 Å². The molecule has 1 heterocycles. The van der Waals surface area contributed by atoms with Gasteiger partial charge in [0.15, 0.2) is 5.78 Å². The van der Waals surface area contributed by atoms with E-state index in [2.05, 4.69) is 0 Å². The molecular formula is C21H16O4. The lowest BCUT2D eigenvalue weighted by Crippen LogP contribution is -2.02. The molecule has 0 saturated heterocycles. The summed E-state index contributed by atoms with van der Waals surface area (Å²) in [4.78, 5) is 12.6. The Labute approximate surface area is 144 Å². The first-order valence-electron chi connectivity index (χ1n) is 7.98. The molecule has 0 atom stereocenters. The van der Waals surface area contributed by atoms with Crippen molar-refractivity contribution in [3.8, 4) is 34.1 Å². The molecule has 0 aliphatic carbocycles. The summed E-state index contributed by atoms with van der Waals surface area (Å²) in [6.45, 7) is 2.03. The Bertz CT molecular complexity index is 988. The minimum Gasteiger partial charge on any atom is -0.508 e. The summed E-state index contributed by atoms with van der Waals surface area (Å²) in [5, 5.41) is 19.7. The van der Waals surface area contributed by atoms with Gasteiger partial charge in [0, 0.05) is 24.1 Å². The lowest BCUT2D eigenvalue weighted by molar-refractivity contribution is 0.0991. The van der Waals surface area contributed by atoms with E-state index in [4.69, 9.17) is 4.74 Å². The molecule has 0 fully saturated rings. The number of hydrogen-bond acceptors (Lipinski definition) is 4. The van der Waals surface area contributed by atoms with Crippen LogP contribution in [-0.2, 0) is 6.42 Å². The third-order valence-electron chi connectivity index (χ3n) is 4.36. The highest BCUT2D eigenvalue weighted by atomic mass is 16.5. The molecule has 0 unspecified atom stereocenters. The molecule has 4 nitrogen and oxygen atoms in total. The van der Waals surface area contributed by atoms with Gasteiger partial charge in [0.05, 0.1) is 0 Å². The predicted molar refractivity (Wildman–Crippen MR) is 94.5 cm³/mol. The van der Waals surface area contributed by atoms with Crippen molar-refractivity contribution in [3.05, 3.63) is 71.3 Å². The number of aromatic hydroxyl groups is 2. The second-order valence-electron chi connectivity index (χ2n) is 6.23. The van der Waals surface area contributed by atoms with Crippen LogP contribution in [0.5, 0.6) is 23.0 Å². The summed E-state index contributed by atoms with van der Waals surface area (Å²) in [5.74, 6) is 0.0555. The summed E-state index contributed by atoms with van der Waals surface area (Å²) in [7, 11) is 0. The van der Waals surface area contributed by atoms with Gasteiger partial charge in [-0.05, 0) is 30.2 Å². The fraction of sp³-hybridized carbons (Fsp3) is 0.0952. The second kappa shape index (κ2) is 5.67. The number of hydrogen-bond donors (Lipinski definition) is 2. The lowest BCUT2D eigenvalue weighted by atomic mass is 9.97. The van der Waals surface area contributed by atoms with Crippen LogP contribution in [0.2, 0.25) is 0 Å². The van der Waals surface area contributed by atoms with E-state index in [-0.39, 0.29) is 35.0 Å². The van der Waals surface area contributed by atoms with Gasteiger partial charge in [-0.3, -0.25) is 4.79 Å². The maximum atomic E-state index is 12.6. The minimum absolute atomic E-state index is 0.103. The highest BCUT2D eigenvalue weighted by Crippen LogP contribution is 2.41. The molecule has 4 rings (SSSR count). The van der Waals surface area contributed by atoms with E-state index >= 15 is 0 Å². The van der Waals surface area contributed by atoms with E-state index in [1.54, 1.807) is 0 Å². The quantitative estimate of drug-likeness (QED) is 0.683. The SMILES string of the molecule is Cc1ccc(-c2ccc3c(c2)CC(=O)c2c(O)cc(O)cc2O3)cc1. The van der Waals surface area contributed by atoms with Gasteiger partial charge in [0.1, 0.15) is 28.6 Å². The van der Waals surface area contributed by atoms with E-state index in [0.717, 1.165) is 22.8 Å². The third-order valence-corrected chi connectivity index (χ3v) is 4.36. The highest BCUT2D eigenvalue weighted by Gasteiger charge is 2.25. The number of Topliss-reactive ketones (excluding diaryl/α,β-unsaturated/α-hetero) is 1. The van der Waals surface area contributed by atoms with Gasteiger partial charge in [0.25, 0.3) is 0 Å². The fourth-order valence-corrected chi connectivity index (χ4v) is 3.07. The number of rotatable bonds is 1. The van der Waals surface area contributed by atoms with Crippen LogP contribution >= 0.6 is 0 Å². The molecule has 3 aromatic rings.